The molecule has 59 heavy (non-hydrogen) atoms. The van der Waals surface area contributed by atoms with Gasteiger partial charge in [0.2, 0.25) is 0 Å². The maximum absolute atomic E-state index is 2.43. The molecular weight excluding hydrogens is 749 g/mol. The minimum atomic E-state index is -0.0570. The summed E-state index contributed by atoms with van der Waals surface area (Å²) in [6.45, 7) is 4.74. The van der Waals surface area contributed by atoms with Crippen molar-refractivity contribution in [1.82, 2.24) is 0 Å². The van der Waals surface area contributed by atoms with Crippen molar-refractivity contribution in [2.24, 2.45) is 0 Å². The van der Waals surface area contributed by atoms with Gasteiger partial charge in [0.25, 0.3) is 0 Å². The Kier molecular flexibility index (Phi) is 6.92. The maximum atomic E-state index is 2.43. The standard InChI is InChI=1S/C57H36S2/c1-57(2)48-19-9-7-17-44(48)55-45(18-11-20-49(55)57)54-41-15-5-3-13-39(41)53(40-14-4-6-16-42(40)54)34-24-22-33(23-25-34)35-26-28-37-36(30-35)27-29-43-47-31-46-38-12-8-10-21-50(38)58-51(46)32-52(47)59-56(37)43/h3-32H,1-2H3. The van der Waals surface area contributed by atoms with Gasteiger partial charge in [-0.2, -0.15) is 0 Å². The Morgan fingerprint density at radius 3 is 1.68 bits per heavy atom. The number of hydrogen-bond acceptors (Lipinski definition) is 2. The van der Waals surface area contributed by atoms with Crippen LogP contribution >= 0.6 is 22.7 Å². The second kappa shape index (κ2) is 12.2. The molecule has 0 aliphatic heterocycles. The van der Waals surface area contributed by atoms with E-state index in [9.17, 15) is 0 Å². The van der Waals surface area contributed by atoms with Crippen molar-refractivity contribution in [1.29, 1.82) is 0 Å². The van der Waals surface area contributed by atoms with E-state index in [1.165, 1.54) is 128 Å². The van der Waals surface area contributed by atoms with Crippen LogP contribution < -0.4 is 0 Å². The molecule has 0 fully saturated rings. The molecule has 2 heterocycles. The monoisotopic (exact) mass is 784 g/mol. The summed E-state index contributed by atoms with van der Waals surface area (Å²) in [6, 6.07) is 68.6. The number of benzene rings is 10. The van der Waals surface area contributed by atoms with E-state index in [0.29, 0.717) is 0 Å². The zero-order valence-corrected chi connectivity index (χ0v) is 34.3. The molecule has 2 aromatic heterocycles. The highest BCUT2D eigenvalue weighted by molar-refractivity contribution is 7.28. The summed E-state index contributed by atoms with van der Waals surface area (Å²) in [5.41, 5.74) is 13.1. The first-order valence-corrected chi connectivity index (χ1v) is 22.1. The van der Waals surface area contributed by atoms with Gasteiger partial charge in [-0.1, -0.05) is 172 Å². The van der Waals surface area contributed by atoms with Gasteiger partial charge in [-0.05, 0) is 112 Å². The minimum absolute atomic E-state index is 0.0570. The van der Waals surface area contributed by atoms with Crippen molar-refractivity contribution in [2.75, 3.05) is 0 Å². The lowest BCUT2D eigenvalue weighted by atomic mass is 9.80. The van der Waals surface area contributed by atoms with E-state index in [-0.39, 0.29) is 5.41 Å². The van der Waals surface area contributed by atoms with Crippen LogP contribution in [0, 0.1) is 0 Å². The van der Waals surface area contributed by atoms with Crippen LogP contribution in [0.5, 0.6) is 0 Å². The van der Waals surface area contributed by atoms with Crippen LogP contribution in [-0.2, 0) is 5.41 Å². The van der Waals surface area contributed by atoms with Crippen molar-refractivity contribution >= 4 is 95.3 Å². The van der Waals surface area contributed by atoms with Gasteiger partial charge in [-0.3, -0.25) is 0 Å². The van der Waals surface area contributed by atoms with Gasteiger partial charge >= 0.3 is 0 Å². The van der Waals surface area contributed by atoms with Crippen molar-refractivity contribution in [3.8, 4) is 44.5 Å². The van der Waals surface area contributed by atoms with Gasteiger partial charge in [0.1, 0.15) is 0 Å². The van der Waals surface area contributed by atoms with E-state index in [0.717, 1.165) is 0 Å². The molecule has 0 saturated carbocycles. The van der Waals surface area contributed by atoms with Crippen LogP contribution in [0.4, 0.5) is 0 Å². The Labute approximate surface area is 350 Å². The summed E-state index contributed by atoms with van der Waals surface area (Å²) in [7, 11) is 0. The normalized spacial score (nSPS) is 13.4. The highest BCUT2D eigenvalue weighted by Crippen LogP contribution is 2.54. The van der Waals surface area contributed by atoms with Crippen LogP contribution in [-0.4, -0.2) is 0 Å². The lowest BCUT2D eigenvalue weighted by molar-refractivity contribution is 0.660. The number of thiophene rings is 2. The van der Waals surface area contributed by atoms with E-state index in [2.05, 4.69) is 196 Å². The average Bonchev–Trinajstić information content (AvgIpc) is 3.91. The topological polar surface area (TPSA) is 0 Å². The summed E-state index contributed by atoms with van der Waals surface area (Å²) >= 11 is 3.83. The summed E-state index contributed by atoms with van der Waals surface area (Å²) in [4.78, 5) is 0. The van der Waals surface area contributed by atoms with Crippen molar-refractivity contribution in [3.63, 3.8) is 0 Å². The van der Waals surface area contributed by atoms with Crippen LogP contribution in [0.25, 0.3) is 117 Å². The first-order valence-electron chi connectivity index (χ1n) is 20.5. The van der Waals surface area contributed by atoms with Crippen molar-refractivity contribution in [2.45, 2.75) is 19.3 Å². The van der Waals surface area contributed by atoms with Crippen molar-refractivity contribution < 1.29 is 0 Å². The highest BCUT2D eigenvalue weighted by Gasteiger charge is 2.37. The fraction of sp³-hybridized carbons (Fsp3) is 0.0526. The molecule has 13 rings (SSSR count). The third-order valence-corrected chi connectivity index (χ3v) is 15.6. The number of fused-ring (bicyclic) bond motifs is 13. The second-order valence-electron chi connectivity index (χ2n) is 16.7. The third kappa shape index (κ3) is 4.70. The molecule has 1 aliphatic carbocycles. The van der Waals surface area contributed by atoms with Gasteiger partial charge in [-0.25, -0.2) is 0 Å². The Morgan fingerprint density at radius 1 is 0.322 bits per heavy atom. The first kappa shape index (κ1) is 33.4. The van der Waals surface area contributed by atoms with Crippen molar-refractivity contribution in [3.05, 3.63) is 193 Å². The Morgan fingerprint density at radius 2 is 0.898 bits per heavy atom. The van der Waals surface area contributed by atoms with Gasteiger partial charge in [0.15, 0.2) is 0 Å². The smallest absolute Gasteiger partial charge is 0.0433 e. The number of hydrogen-bond donors (Lipinski definition) is 0. The van der Waals surface area contributed by atoms with E-state index in [1.54, 1.807) is 0 Å². The molecule has 0 spiro atoms. The predicted molar refractivity (Wildman–Crippen MR) is 259 cm³/mol. The maximum Gasteiger partial charge on any atom is 0.0433 e. The molecule has 0 N–H and O–H groups in total. The van der Waals surface area contributed by atoms with E-state index in [4.69, 9.17) is 0 Å². The second-order valence-corrected chi connectivity index (χ2v) is 18.9. The van der Waals surface area contributed by atoms with Gasteiger partial charge < -0.3 is 0 Å². The van der Waals surface area contributed by atoms with Gasteiger partial charge in [-0.15, -0.1) is 22.7 Å². The molecule has 0 unspecified atom stereocenters. The molecule has 276 valence electrons. The lowest BCUT2D eigenvalue weighted by Crippen LogP contribution is -2.14. The largest absolute Gasteiger partial charge is 0.135 e. The fourth-order valence-electron chi connectivity index (χ4n) is 10.5. The molecule has 2 heteroatoms. The van der Waals surface area contributed by atoms with Crippen LogP contribution in [0.1, 0.15) is 25.0 Å². The zero-order chi connectivity index (χ0) is 39.0. The molecule has 0 radical (unpaired) electrons. The van der Waals surface area contributed by atoms with Gasteiger partial charge in [0, 0.05) is 45.8 Å². The SMILES string of the molecule is CC1(C)c2ccccc2-c2c(-c3c4ccccc4c(-c4ccc(-c5ccc6c(ccc7c8cc9c(cc8sc67)sc6ccccc69)c5)cc4)c4ccccc34)cccc21. The molecule has 0 atom stereocenters. The lowest BCUT2D eigenvalue weighted by Gasteiger charge is -2.22. The molecule has 10 aromatic carbocycles. The molecule has 0 nitrogen and oxygen atoms in total. The summed E-state index contributed by atoms with van der Waals surface area (Å²) in [5, 5.41) is 13.2. The van der Waals surface area contributed by atoms with Crippen LogP contribution in [0.2, 0.25) is 0 Å². The summed E-state index contributed by atoms with van der Waals surface area (Å²) < 4.78 is 5.46. The Balaban J connectivity index is 0.930. The van der Waals surface area contributed by atoms with E-state index in [1.807, 2.05) is 22.7 Å². The fourth-order valence-corrected chi connectivity index (χ4v) is 12.9. The van der Waals surface area contributed by atoms with E-state index >= 15 is 0 Å². The summed E-state index contributed by atoms with van der Waals surface area (Å²) in [5.74, 6) is 0. The first-order chi connectivity index (χ1) is 29.0. The Bertz CT molecular complexity index is 3690. The minimum Gasteiger partial charge on any atom is -0.135 e. The average molecular weight is 785 g/mol. The third-order valence-electron chi connectivity index (χ3n) is 13.3. The van der Waals surface area contributed by atoms with E-state index < -0.39 is 0 Å². The molecule has 0 amide bonds. The Hall–Kier alpha value is -6.58. The molecule has 0 saturated heterocycles. The molecular formula is C57H36S2. The zero-order valence-electron chi connectivity index (χ0n) is 32.6. The summed E-state index contributed by atoms with van der Waals surface area (Å²) in [6.07, 6.45) is 0. The van der Waals surface area contributed by atoms with Crippen LogP contribution in [0.15, 0.2) is 182 Å². The molecule has 12 aromatic rings. The number of rotatable bonds is 3. The molecule has 0 bridgehead atoms. The predicted octanol–water partition coefficient (Wildman–Crippen LogP) is 17.2. The molecule has 1 aliphatic rings. The highest BCUT2D eigenvalue weighted by atomic mass is 32.1. The van der Waals surface area contributed by atoms with Gasteiger partial charge in [0.05, 0.1) is 0 Å². The van der Waals surface area contributed by atoms with Crippen LogP contribution in [0.3, 0.4) is 0 Å². The quantitative estimate of drug-likeness (QED) is 0.157.